The van der Waals surface area contributed by atoms with Crippen molar-refractivity contribution in [2.24, 2.45) is 0 Å². The van der Waals surface area contributed by atoms with Crippen molar-refractivity contribution in [2.75, 3.05) is 0 Å². The van der Waals surface area contributed by atoms with Crippen LogP contribution in [0.5, 0.6) is 0 Å². The molecule has 0 unspecified atom stereocenters. The molecule has 0 aliphatic rings. The van der Waals surface area contributed by atoms with E-state index in [-0.39, 0.29) is 29.6 Å². The first-order valence-electron chi connectivity index (χ1n) is 9.73. The van der Waals surface area contributed by atoms with E-state index in [0.717, 1.165) is 5.56 Å². The second-order valence-electron chi connectivity index (χ2n) is 7.22. The van der Waals surface area contributed by atoms with Crippen molar-refractivity contribution in [2.45, 2.75) is 19.5 Å². The molecule has 31 heavy (non-hydrogen) atoms. The molecule has 0 radical (unpaired) electrons. The van der Waals surface area contributed by atoms with Gasteiger partial charge in [0.05, 0.1) is 23.0 Å². The van der Waals surface area contributed by atoms with E-state index in [1.54, 1.807) is 12.1 Å². The summed E-state index contributed by atoms with van der Waals surface area (Å²) in [4.78, 5) is 37.3. The first-order chi connectivity index (χ1) is 14.9. The smallest absolute Gasteiger partial charge is 0.335 e. The van der Waals surface area contributed by atoms with E-state index in [0.29, 0.717) is 12.0 Å². The first-order valence-corrected chi connectivity index (χ1v) is 9.73. The van der Waals surface area contributed by atoms with Gasteiger partial charge in [-0.25, -0.2) is 14.0 Å². The number of carbonyl (C=O) groups is 1. The van der Waals surface area contributed by atoms with Crippen LogP contribution in [0.1, 0.15) is 21.5 Å². The van der Waals surface area contributed by atoms with Crippen LogP contribution in [0.3, 0.4) is 0 Å². The summed E-state index contributed by atoms with van der Waals surface area (Å²) in [6.45, 7) is 0.261. The van der Waals surface area contributed by atoms with Gasteiger partial charge in [0.1, 0.15) is 5.82 Å². The topological polar surface area (TPSA) is 81.3 Å². The van der Waals surface area contributed by atoms with Gasteiger partial charge >= 0.3 is 11.7 Å². The lowest BCUT2D eigenvalue weighted by Gasteiger charge is -2.14. The Morgan fingerprint density at radius 2 is 1.58 bits per heavy atom. The number of hydrogen-bond acceptors (Lipinski definition) is 3. The maximum absolute atomic E-state index is 13.9. The van der Waals surface area contributed by atoms with Gasteiger partial charge in [-0.1, -0.05) is 42.5 Å². The van der Waals surface area contributed by atoms with Crippen LogP contribution in [0.15, 0.2) is 82.4 Å². The second-order valence-corrected chi connectivity index (χ2v) is 7.22. The number of fused-ring (bicyclic) bond motifs is 1. The Morgan fingerprint density at radius 1 is 0.871 bits per heavy atom. The Morgan fingerprint density at radius 3 is 2.26 bits per heavy atom. The van der Waals surface area contributed by atoms with Crippen LogP contribution in [0, 0.1) is 5.82 Å². The highest BCUT2D eigenvalue weighted by Crippen LogP contribution is 2.14. The SMILES string of the molecule is O=C(O)c1ccc(Cn2c(=O)n(CCc3ccccc3)c(=O)c3ccc(F)cc32)cc1. The first kappa shape index (κ1) is 20.3. The van der Waals surface area contributed by atoms with Gasteiger partial charge in [0.2, 0.25) is 0 Å². The highest BCUT2D eigenvalue weighted by molar-refractivity contribution is 5.87. The Labute approximate surface area is 176 Å². The summed E-state index contributed by atoms with van der Waals surface area (Å²) in [6.07, 6.45) is 0.496. The van der Waals surface area contributed by atoms with Crippen LogP contribution in [-0.4, -0.2) is 20.2 Å². The van der Waals surface area contributed by atoms with E-state index in [2.05, 4.69) is 0 Å². The number of benzene rings is 3. The molecule has 6 nitrogen and oxygen atoms in total. The number of hydrogen-bond donors (Lipinski definition) is 1. The van der Waals surface area contributed by atoms with Crippen molar-refractivity contribution in [1.82, 2.24) is 9.13 Å². The number of carboxylic acids is 1. The summed E-state index contributed by atoms with van der Waals surface area (Å²) >= 11 is 0. The quantitative estimate of drug-likeness (QED) is 0.521. The van der Waals surface area contributed by atoms with Crippen LogP contribution < -0.4 is 11.2 Å². The molecular formula is C24H19FN2O4. The second kappa shape index (κ2) is 8.39. The summed E-state index contributed by atoms with van der Waals surface area (Å²) in [5, 5.41) is 9.31. The van der Waals surface area contributed by atoms with Crippen molar-refractivity contribution in [3.63, 3.8) is 0 Å². The third kappa shape index (κ3) is 4.16. The molecule has 156 valence electrons. The Hall–Kier alpha value is -4.00. The number of rotatable bonds is 6. The predicted octanol–water partition coefficient (Wildman–Crippen LogP) is 3.29. The van der Waals surface area contributed by atoms with Crippen molar-refractivity contribution < 1.29 is 14.3 Å². The number of halogens is 1. The summed E-state index contributed by atoms with van der Waals surface area (Å²) in [5.74, 6) is -1.60. The minimum absolute atomic E-state index is 0.0737. The van der Waals surface area contributed by atoms with Gasteiger partial charge in [0.15, 0.2) is 0 Å². The molecule has 0 saturated heterocycles. The highest BCUT2D eigenvalue weighted by Gasteiger charge is 2.15. The lowest BCUT2D eigenvalue weighted by atomic mass is 10.1. The van der Waals surface area contributed by atoms with E-state index in [9.17, 15) is 18.8 Å². The van der Waals surface area contributed by atoms with E-state index >= 15 is 0 Å². The minimum atomic E-state index is -1.05. The van der Waals surface area contributed by atoms with E-state index in [1.807, 2.05) is 30.3 Å². The molecule has 4 rings (SSSR count). The van der Waals surface area contributed by atoms with Crippen molar-refractivity contribution >= 4 is 16.9 Å². The molecule has 0 spiro atoms. The molecule has 1 N–H and O–H groups in total. The maximum atomic E-state index is 13.9. The zero-order valence-electron chi connectivity index (χ0n) is 16.5. The molecule has 0 aliphatic heterocycles. The Bertz CT molecular complexity index is 1370. The van der Waals surface area contributed by atoms with Gasteiger partial charge in [-0.3, -0.25) is 13.9 Å². The predicted molar refractivity (Wildman–Crippen MR) is 115 cm³/mol. The molecule has 3 aromatic carbocycles. The summed E-state index contributed by atoms with van der Waals surface area (Å²) < 4.78 is 16.5. The fraction of sp³-hybridized carbons (Fsp3) is 0.125. The molecule has 0 saturated carbocycles. The summed E-state index contributed by atoms with van der Waals surface area (Å²) in [5.41, 5.74) is 0.970. The average molecular weight is 418 g/mol. The largest absolute Gasteiger partial charge is 0.478 e. The number of carboxylic acid groups (broad SMARTS) is 1. The standard InChI is InChI=1S/C24H19FN2O4/c25-19-10-11-20-21(14-19)27(15-17-6-8-18(9-7-17)23(29)30)24(31)26(22(20)28)13-12-16-4-2-1-3-5-16/h1-11,14H,12-13,15H2,(H,29,30). The fourth-order valence-corrected chi connectivity index (χ4v) is 3.56. The van der Waals surface area contributed by atoms with Crippen LogP contribution in [0.25, 0.3) is 10.9 Å². The number of aryl methyl sites for hydroxylation is 1. The van der Waals surface area contributed by atoms with Crippen molar-refractivity contribution in [3.8, 4) is 0 Å². The molecule has 7 heteroatoms. The molecule has 0 fully saturated rings. The average Bonchev–Trinajstić information content (AvgIpc) is 2.77. The van der Waals surface area contributed by atoms with E-state index < -0.39 is 23.0 Å². The van der Waals surface area contributed by atoms with Gasteiger partial charge in [-0.15, -0.1) is 0 Å². The van der Waals surface area contributed by atoms with Gasteiger partial charge in [0.25, 0.3) is 5.56 Å². The molecule has 0 aliphatic carbocycles. The lowest BCUT2D eigenvalue weighted by molar-refractivity contribution is 0.0697. The normalized spacial score (nSPS) is 11.0. The zero-order chi connectivity index (χ0) is 22.0. The monoisotopic (exact) mass is 418 g/mol. The number of aromatic nitrogens is 2. The molecule has 1 aromatic heterocycles. The molecule has 1 heterocycles. The Balaban J connectivity index is 1.80. The van der Waals surface area contributed by atoms with Gasteiger partial charge < -0.3 is 5.11 Å². The highest BCUT2D eigenvalue weighted by atomic mass is 19.1. The zero-order valence-corrected chi connectivity index (χ0v) is 16.5. The molecule has 0 bridgehead atoms. The fourth-order valence-electron chi connectivity index (χ4n) is 3.56. The minimum Gasteiger partial charge on any atom is -0.478 e. The third-order valence-electron chi connectivity index (χ3n) is 5.20. The van der Waals surface area contributed by atoms with Crippen LogP contribution >= 0.6 is 0 Å². The lowest BCUT2D eigenvalue weighted by Crippen LogP contribution is -2.40. The van der Waals surface area contributed by atoms with Gasteiger partial charge in [-0.05, 0) is 47.9 Å². The van der Waals surface area contributed by atoms with E-state index in [1.165, 1.54) is 39.5 Å². The molecular weight excluding hydrogens is 399 g/mol. The van der Waals surface area contributed by atoms with Gasteiger partial charge in [0, 0.05) is 6.54 Å². The van der Waals surface area contributed by atoms with Gasteiger partial charge in [-0.2, -0.15) is 0 Å². The molecule has 0 amide bonds. The Kier molecular flexibility index (Phi) is 5.49. The third-order valence-corrected chi connectivity index (χ3v) is 5.20. The number of aromatic carboxylic acids is 1. The molecule has 0 atom stereocenters. The van der Waals surface area contributed by atoms with Crippen LogP contribution in [0.4, 0.5) is 4.39 Å². The van der Waals surface area contributed by atoms with Crippen molar-refractivity contribution in [1.29, 1.82) is 0 Å². The van der Waals surface area contributed by atoms with Crippen LogP contribution in [0.2, 0.25) is 0 Å². The summed E-state index contributed by atoms with van der Waals surface area (Å²) in [7, 11) is 0. The number of nitrogens with zero attached hydrogens (tertiary/aromatic N) is 2. The van der Waals surface area contributed by atoms with E-state index in [4.69, 9.17) is 5.11 Å². The van der Waals surface area contributed by atoms with Crippen molar-refractivity contribution in [3.05, 3.63) is 116 Å². The van der Waals surface area contributed by atoms with Crippen LogP contribution in [-0.2, 0) is 19.5 Å². The maximum Gasteiger partial charge on any atom is 0.335 e. The molecule has 4 aromatic rings. The summed E-state index contributed by atoms with van der Waals surface area (Å²) in [6, 6.07) is 19.3.